The van der Waals surface area contributed by atoms with Gasteiger partial charge in [0.15, 0.2) is 0 Å². The summed E-state index contributed by atoms with van der Waals surface area (Å²) in [4.78, 5) is 13.9. The molecule has 1 amide bonds. The number of anilines is 1. The van der Waals surface area contributed by atoms with Gasteiger partial charge in [-0.05, 0) is 19.8 Å². The zero-order valence-corrected chi connectivity index (χ0v) is 10.7. The number of nitrogens with two attached hydrogens (primary N) is 1. The Kier molecular flexibility index (Phi) is 4.19. The zero-order chi connectivity index (χ0) is 13.0. The van der Waals surface area contributed by atoms with Crippen LogP contribution in [0.2, 0.25) is 0 Å². The van der Waals surface area contributed by atoms with Crippen LogP contribution in [0.3, 0.4) is 0 Å². The van der Waals surface area contributed by atoms with E-state index in [4.69, 9.17) is 10.5 Å². The van der Waals surface area contributed by atoms with Crippen molar-refractivity contribution in [1.29, 1.82) is 0 Å². The van der Waals surface area contributed by atoms with Crippen LogP contribution in [0, 0.1) is 0 Å². The largest absolute Gasteiger partial charge is 0.396 e. The predicted octanol–water partition coefficient (Wildman–Crippen LogP) is 0.493. The van der Waals surface area contributed by atoms with E-state index in [1.807, 2.05) is 11.8 Å². The Balaban J connectivity index is 1.88. The number of nitrogen functional groups attached to an aromatic ring is 1. The van der Waals surface area contributed by atoms with E-state index in [9.17, 15) is 4.79 Å². The summed E-state index contributed by atoms with van der Waals surface area (Å²) in [5.41, 5.74) is 6.14. The van der Waals surface area contributed by atoms with Gasteiger partial charge in [-0.25, -0.2) is 0 Å². The van der Waals surface area contributed by atoms with Crippen LogP contribution < -0.4 is 5.73 Å². The maximum Gasteiger partial charge on any atom is 0.244 e. The number of hydrogen-bond acceptors (Lipinski definition) is 4. The fourth-order valence-electron chi connectivity index (χ4n) is 2.15. The SMILES string of the molecule is CCN(CC1CCCO1)C(=O)Cn1cc(N)cn1. The smallest absolute Gasteiger partial charge is 0.244 e. The Morgan fingerprint density at radius 2 is 2.56 bits per heavy atom. The Bertz CT molecular complexity index is 399. The number of carbonyl (C=O) groups is 1. The molecule has 0 spiro atoms. The molecule has 0 aromatic carbocycles. The maximum atomic E-state index is 12.1. The first-order valence-corrected chi connectivity index (χ1v) is 6.36. The minimum atomic E-state index is 0.0519. The molecular weight excluding hydrogens is 232 g/mol. The van der Waals surface area contributed by atoms with Gasteiger partial charge in [-0.2, -0.15) is 5.10 Å². The Hall–Kier alpha value is -1.56. The molecule has 1 fully saturated rings. The second-order valence-electron chi connectivity index (χ2n) is 4.54. The molecule has 1 aromatic rings. The number of nitrogens with zero attached hydrogens (tertiary/aromatic N) is 3. The minimum Gasteiger partial charge on any atom is -0.396 e. The topological polar surface area (TPSA) is 73.4 Å². The number of hydrogen-bond donors (Lipinski definition) is 1. The number of amides is 1. The lowest BCUT2D eigenvalue weighted by Gasteiger charge is -2.23. The van der Waals surface area contributed by atoms with E-state index in [2.05, 4.69) is 5.10 Å². The van der Waals surface area contributed by atoms with Crippen molar-refractivity contribution in [3.63, 3.8) is 0 Å². The molecule has 1 atom stereocenters. The zero-order valence-electron chi connectivity index (χ0n) is 10.7. The highest BCUT2D eigenvalue weighted by Crippen LogP contribution is 2.13. The fourth-order valence-corrected chi connectivity index (χ4v) is 2.15. The van der Waals surface area contributed by atoms with Crippen molar-refractivity contribution >= 4 is 11.6 Å². The van der Waals surface area contributed by atoms with E-state index < -0.39 is 0 Å². The van der Waals surface area contributed by atoms with Crippen LogP contribution in [-0.2, 0) is 16.1 Å². The molecule has 0 aliphatic carbocycles. The van der Waals surface area contributed by atoms with Crippen LogP contribution in [0.25, 0.3) is 0 Å². The molecule has 6 nitrogen and oxygen atoms in total. The molecule has 1 saturated heterocycles. The number of aromatic nitrogens is 2. The third-order valence-corrected chi connectivity index (χ3v) is 3.13. The van der Waals surface area contributed by atoms with E-state index >= 15 is 0 Å². The standard InChI is InChI=1S/C12H20N4O2/c1-2-15(8-11-4-3-5-18-11)12(17)9-16-7-10(13)6-14-16/h6-7,11H,2-5,8-9,13H2,1H3. The van der Waals surface area contributed by atoms with Crippen molar-refractivity contribution in [3.8, 4) is 0 Å². The van der Waals surface area contributed by atoms with Crippen LogP contribution >= 0.6 is 0 Å². The second-order valence-corrected chi connectivity index (χ2v) is 4.54. The van der Waals surface area contributed by atoms with Gasteiger partial charge in [0.1, 0.15) is 6.54 Å². The molecule has 0 saturated carbocycles. The summed E-state index contributed by atoms with van der Waals surface area (Å²) in [5, 5.41) is 4.02. The fraction of sp³-hybridized carbons (Fsp3) is 0.667. The molecule has 1 aromatic heterocycles. The molecular formula is C12H20N4O2. The average molecular weight is 252 g/mol. The van der Waals surface area contributed by atoms with E-state index in [-0.39, 0.29) is 18.6 Å². The average Bonchev–Trinajstić information content (AvgIpc) is 2.97. The summed E-state index contributed by atoms with van der Waals surface area (Å²) in [6.07, 6.45) is 5.53. The quantitative estimate of drug-likeness (QED) is 0.828. The first-order chi connectivity index (χ1) is 8.69. The van der Waals surface area contributed by atoms with Crippen molar-refractivity contribution in [2.24, 2.45) is 0 Å². The van der Waals surface area contributed by atoms with Gasteiger partial charge >= 0.3 is 0 Å². The summed E-state index contributed by atoms with van der Waals surface area (Å²) in [6.45, 7) is 4.38. The predicted molar refractivity (Wildman–Crippen MR) is 67.9 cm³/mol. The third kappa shape index (κ3) is 3.22. The Labute approximate surface area is 107 Å². The number of ether oxygens (including phenoxy) is 1. The van der Waals surface area contributed by atoms with Crippen molar-refractivity contribution in [1.82, 2.24) is 14.7 Å². The first kappa shape index (κ1) is 12.9. The van der Waals surface area contributed by atoms with E-state index in [1.54, 1.807) is 17.1 Å². The van der Waals surface area contributed by atoms with Crippen LogP contribution in [0.1, 0.15) is 19.8 Å². The monoisotopic (exact) mass is 252 g/mol. The van der Waals surface area contributed by atoms with Crippen LogP contribution in [-0.4, -0.2) is 46.4 Å². The lowest BCUT2D eigenvalue weighted by molar-refractivity contribution is -0.133. The van der Waals surface area contributed by atoms with Gasteiger partial charge in [0.05, 0.1) is 18.0 Å². The lowest BCUT2D eigenvalue weighted by atomic mass is 10.2. The highest BCUT2D eigenvalue weighted by molar-refractivity contribution is 5.76. The molecule has 1 aliphatic heterocycles. The van der Waals surface area contributed by atoms with Gasteiger partial charge in [0.2, 0.25) is 5.91 Å². The maximum absolute atomic E-state index is 12.1. The van der Waals surface area contributed by atoms with Gasteiger partial charge in [-0.3, -0.25) is 9.48 Å². The van der Waals surface area contributed by atoms with E-state index in [1.165, 1.54) is 0 Å². The minimum absolute atomic E-state index is 0.0519. The van der Waals surface area contributed by atoms with Crippen LogP contribution in [0.4, 0.5) is 5.69 Å². The highest BCUT2D eigenvalue weighted by Gasteiger charge is 2.21. The second kappa shape index (κ2) is 5.86. The highest BCUT2D eigenvalue weighted by atomic mass is 16.5. The van der Waals surface area contributed by atoms with Crippen LogP contribution in [0.5, 0.6) is 0 Å². The number of carbonyl (C=O) groups excluding carboxylic acids is 1. The van der Waals surface area contributed by atoms with Crippen LogP contribution in [0.15, 0.2) is 12.4 Å². The molecule has 1 aliphatic rings. The molecule has 100 valence electrons. The Morgan fingerprint density at radius 1 is 1.72 bits per heavy atom. The molecule has 2 N–H and O–H groups in total. The van der Waals surface area contributed by atoms with Crippen molar-refractivity contribution in [2.75, 3.05) is 25.4 Å². The van der Waals surface area contributed by atoms with Gasteiger partial charge in [0, 0.05) is 25.9 Å². The van der Waals surface area contributed by atoms with Gasteiger partial charge in [-0.15, -0.1) is 0 Å². The summed E-state index contributed by atoms with van der Waals surface area (Å²) < 4.78 is 7.12. The summed E-state index contributed by atoms with van der Waals surface area (Å²) in [5.74, 6) is 0.0519. The Morgan fingerprint density at radius 3 is 3.11 bits per heavy atom. The molecule has 0 radical (unpaired) electrons. The molecule has 0 bridgehead atoms. The molecule has 2 heterocycles. The van der Waals surface area contributed by atoms with Crippen molar-refractivity contribution in [2.45, 2.75) is 32.4 Å². The number of likely N-dealkylation sites (N-methyl/N-ethyl adjacent to an activating group) is 1. The number of rotatable bonds is 5. The van der Waals surface area contributed by atoms with Gasteiger partial charge < -0.3 is 15.4 Å². The third-order valence-electron chi connectivity index (χ3n) is 3.13. The van der Waals surface area contributed by atoms with E-state index in [0.29, 0.717) is 18.8 Å². The molecule has 1 unspecified atom stereocenters. The van der Waals surface area contributed by atoms with Gasteiger partial charge in [-0.1, -0.05) is 0 Å². The summed E-state index contributed by atoms with van der Waals surface area (Å²) in [6, 6.07) is 0. The molecule has 6 heteroatoms. The van der Waals surface area contributed by atoms with E-state index in [0.717, 1.165) is 19.4 Å². The normalized spacial score (nSPS) is 19.1. The van der Waals surface area contributed by atoms with Crippen molar-refractivity contribution in [3.05, 3.63) is 12.4 Å². The van der Waals surface area contributed by atoms with Gasteiger partial charge in [0.25, 0.3) is 0 Å². The first-order valence-electron chi connectivity index (χ1n) is 6.36. The summed E-state index contributed by atoms with van der Waals surface area (Å²) >= 11 is 0. The molecule has 18 heavy (non-hydrogen) atoms. The lowest BCUT2D eigenvalue weighted by Crippen LogP contribution is -2.39. The summed E-state index contributed by atoms with van der Waals surface area (Å²) in [7, 11) is 0. The molecule has 2 rings (SSSR count). The van der Waals surface area contributed by atoms with Crippen molar-refractivity contribution < 1.29 is 9.53 Å².